The van der Waals surface area contributed by atoms with Crippen LogP contribution in [0, 0.1) is 6.92 Å². The number of fused-ring (bicyclic) bond motifs is 3. The van der Waals surface area contributed by atoms with Gasteiger partial charge in [-0.25, -0.2) is 23.4 Å². The molecule has 0 bridgehead atoms. The van der Waals surface area contributed by atoms with E-state index in [-0.39, 0.29) is 24.5 Å². The normalized spacial score (nSPS) is 17.3. The van der Waals surface area contributed by atoms with Crippen LogP contribution in [0.3, 0.4) is 0 Å². The number of hydrogen-bond donors (Lipinski definition) is 0. The van der Waals surface area contributed by atoms with Crippen LogP contribution in [0.5, 0.6) is 5.88 Å². The third kappa shape index (κ3) is 5.34. The molecule has 3 aromatic rings. The van der Waals surface area contributed by atoms with Crippen molar-refractivity contribution in [3.8, 4) is 17.3 Å². The standard InChI is InChI=1S/C23H30N6O5S/c1-14(2)33-11-17-12-34-23-18(7-6-8-24-23)22-28-27-19(29(17)22)13-35(30,31)16(4)20(32-5)21-25-9-15(3)10-26-21/h6-10,14,16-17,20H,11-13H2,1-5H3/t16-,17-,20-/m0/s1. The summed E-state index contributed by atoms with van der Waals surface area (Å²) in [7, 11) is -2.31. The summed E-state index contributed by atoms with van der Waals surface area (Å²) >= 11 is 0. The molecular formula is C23H30N6O5S. The van der Waals surface area contributed by atoms with E-state index in [4.69, 9.17) is 14.2 Å². The van der Waals surface area contributed by atoms with Crippen LogP contribution in [0.1, 0.15) is 50.1 Å². The second-order valence-electron chi connectivity index (χ2n) is 8.80. The van der Waals surface area contributed by atoms with E-state index in [0.29, 0.717) is 35.5 Å². The number of pyridine rings is 1. The molecule has 4 heterocycles. The van der Waals surface area contributed by atoms with Crippen molar-refractivity contribution >= 4 is 9.84 Å². The summed E-state index contributed by atoms with van der Waals surface area (Å²) in [5.74, 6) is 1.17. The van der Waals surface area contributed by atoms with Gasteiger partial charge in [0.15, 0.2) is 21.5 Å². The van der Waals surface area contributed by atoms with E-state index in [2.05, 4.69) is 25.1 Å². The van der Waals surface area contributed by atoms with Gasteiger partial charge in [0.05, 0.1) is 29.6 Å². The summed E-state index contributed by atoms with van der Waals surface area (Å²) in [6, 6.07) is 3.26. The Morgan fingerprint density at radius 3 is 2.60 bits per heavy atom. The number of rotatable bonds is 9. The van der Waals surface area contributed by atoms with Gasteiger partial charge in [-0.2, -0.15) is 0 Å². The molecule has 3 aromatic heterocycles. The summed E-state index contributed by atoms with van der Waals surface area (Å²) in [6.45, 7) is 7.87. The zero-order valence-electron chi connectivity index (χ0n) is 20.5. The van der Waals surface area contributed by atoms with E-state index in [1.54, 1.807) is 36.1 Å². The minimum Gasteiger partial charge on any atom is -0.475 e. The van der Waals surface area contributed by atoms with Crippen molar-refractivity contribution in [2.24, 2.45) is 0 Å². The minimum absolute atomic E-state index is 0.0112. The lowest BCUT2D eigenvalue weighted by Gasteiger charge is -2.23. The number of aryl methyl sites for hydroxylation is 1. The Labute approximate surface area is 204 Å². The Balaban J connectivity index is 1.69. The minimum atomic E-state index is -3.76. The first-order valence-corrected chi connectivity index (χ1v) is 13.1. The van der Waals surface area contributed by atoms with Crippen LogP contribution in [0.4, 0.5) is 0 Å². The summed E-state index contributed by atoms with van der Waals surface area (Å²) in [5.41, 5.74) is 1.52. The SMILES string of the molecule is CO[C@H](c1ncc(C)cn1)[C@H](C)S(=O)(=O)Cc1nnc2n1[C@@H](COC(C)C)COc1ncccc1-2. The van der Waals surface area contributed by atoms with E-state index in [1.165, 1.54) is 7.11 Å². The average molecular weight is 503 g/mol. The van der Waals surface area contributed by atoms with Crippen molar-refractivity contribution < 1.29 is 22.6 Å². The van der Waals surface area contributed by atoms with Gasteiger partial charge in [-0.15, -0.1) is 10.2 Å². The van der Waals surface area contributed by atoms with Crippen molar-refractivity contribution in [2.75, 3.05) is 20.3 Å². The molecule has 11 nitrogen and oxygen atoms in total. The topological polar surface area (TPSA) is 131 Å². The summed E-state index contributed by atoms with van der Waals surface area (Å²) in [6.07, 6.45) is 4.06. The van der Waals surface area contributed by atoms with Gasteiger partial charge in [-0.05, 0) is 45.4 Å². The Kier molecular flexibility index (Phi) is 7.43. The van der Waals surface area contributed by atoms with Gasteiger partial charge in [-0.1, -0.05) is 0 Å². The lowest BCUT2D eigenvalue weighted by Crippen LogP contribution is -2.31. The van der Waals surface area contributed by atoms with Crippen LogP contribution in [0.2, 0.25) is 0 Å². The van der Waals surface area contributed by atoms with Crippen LogP contribution in [-0.4, -0.2) is 69.8 Å². The van der Waals surface area contributed by atoms with Gasteiger partial charge in [0.2, 0.25) is 5.88 Å². The van der Waals surface area contributed by atoms with Crippen molar-refractivity contribution in [1.82, 2.24) is 29.7 Å². The van der Waals surface area contributed by atoms with Gasteiger partial charge in [0, 0.05) is 25.7 Å². The first-order valence-electron chi connectivity index (χ1n) is 11.4. The number of methoxy groups -OCH3 is 1. The molecule has 4 rings (SSSR count). The van der Waals surface area contributed by atoms with Gasteiger partial charge in [-0.3, -0.25) is 0 Å². The zero-order valence-corrected chi connectivity index (χ0v) is 21.3. The van der Waals surface area contributed by atoms with E-state index in [9.17, 15) is 8.42 Å². The van der Waals surface area contributed by atoms with E-state index >= 15 is 0 Å². The second kappa shape index (κ2) is 10.3. The maximum atomic E-state index is 13.5. The fourth-order valence-corrected chi connectivity index (χ4v) is 5.33. The Bertz CT molecular complexity index is 1260. The van der Waals surface area contributed by atoms with Crippen LogP contribution in [0.25, 0.3) is 11.4 Å². The monoisotopic (exact) mass is 502 g/mol. The summed E-state index contributed by atoms with van der Waals surface area (Å²) in [5, 5.41) is 7.68. The fraction of sp³-hybridized carbons (Fsp3) is 0.522. The van der Waals surface area contributed by atoms with Gasteiger partial charge < -0.3 is 18.8 Å². The maximum absolute atomic E-state index is 13.5. The lowest BCUT2D eigenvalue weighted by atomic mass is 10.2. The number of hydrogen-bond acceptors (Lipinski definition) is 10. The molecule has 0 amide bonds. The average Bonchev–Trinajstić information content (AvgIpc) is 3.15. The smallest absolute Gasteiger partial charge is 0.224 e. The van der Waals surface area contributed by atoms with Crippen LogP contribution in [-0.2, 0) is 25.1 Å². The number of nitrogens with zero attached hydrogens (tertiary/aromatic N) is 6. The molecule has 0 spiro atoms. The lowest BCUT2D eigenvalue weighted by molar-refractivity contribution is 0.0415. The van der Waals surface area contributed by atoms with E-state index in [1.807, 2.05) is 26.8 Å². The predicted molar refractivity (Wildman–Crippen MR) is 127 cm³/mol. The highest BCUT2D eigenvalue weighted by Gasteiger charge is 2.36. The highest BCUT2D eigenvalue weighted by atomic mass is 32.2. The highest BCUT2D eigenvalue weighted by Crippen LogP contribution is 2.34. The fourth-order valence-electron chi connectivity index (χ4n) is 3.90. The van der Waals surface area contributed by atoms with Gasteiger partial charge in [0.1, 0.15) is 24.3 Å². The number of sulfone groups is 1. The third-order valence-corrected chi connectivity index (χ3v) is 7.85. The quantitative estimate of drug-likeness (QED) is 0.430. The molecule has 188 valence electrons. The molecular weight excluding hydrogens is 472 g/mol. The molecule has 35 heavy (non-hydrogen) atoms. The molecule has 12 heteroatoms. The second-order valence-corrected chi connectivity index (χ2v) is 11.2. The molecule has 0 saturated heterocycles. The zero-order chi connectivity index (χ0) is 25.2. The molecule has 1 aliphatic rings. The molecule has 0 radical (unpaired) electrons. The molecule has 0 aliphatic carbocycles. The first-order chi connectivity index (χ1) is 16.7. The Hall–Kier alpha value is -2.96. The van der Waals surface area contributed by atoms with Crippen molar-refractivity contribution in [2.45, 2.75) is 56.9 Å². The van der Waals surface area contributed by atoms with Crippen molar-refractivity contribution in [1.29, 1.82) is 0 Å². The van der Waals surface area contributed by atoms with Gasteiger partial charge >= 0.3 is 0 Å². The third-order valence-electron chi connectivity index (χ3n) is 5.81. The number of aromatic nitrogens is 6. The van der Waals surface area contributed by atoms with Crippen molar-refractivity contribution in [3.63, 3.8) is 0 Å². The molecule has 3 atom stereocenters. The summed E-state index contributed by atoms with van der Waals surface area (Å²) < 4.78 is 46.2. The molecule has 0 fully saturated rings. The number of ether oxygens (including phenoxy) is 3. The van der Waals surface area contributed by atoms with Crippen LogP contribution >= 0.6 is 0 Å². The van der Waals surface area contributed by atoms with Crippen LogP contribution in [0.15, 0.2) is 30.7 Å². The van der Waals surface area contributed by atoms with Crippen molar-refractivity contribution in [3.05, 3.63) is 47.9 Å². The molecule has 0 N–H and O–H groups in total. The Morgan fingerprint density at radius 2 is 1.91 bits per heavy atom. The molecule has 1 aliphatic heterocycles. The maximum Gasteiger partial charge on any atom is 0.224 e. The largest absolute Gasteiger partial charge is 0.475 e. The Morgan fingerprint density at radius 1 is 1.17 bits per heavy atom. The van der Waals surface area contributed by atoms with Crippen LogP contribution < -0.4 is 4.74 Å². The van der Waals surface area contributed by atoms with Gasteiger partial charge in [0.25, 0.3) is 0 Å². The first kappa shape index (κ1) is 25.1. The summed E-state index contributed by atoms with van der Waals surface area (Å²) in [4.78, 5) is 12.8. The highest BCUT2D eigenvalue weighted by molar-refractivity contribution is 7.91. The molecule has 0 saturated carbocycles. The van der Waals surface area contributed by atoms with E-state index in [0.717, 1.165) is 5.56 Å². The predicted octanol–water partition coefficient (Wildman–Crippen LogP) is 2.49. The molecule has 0 aromatic carbocycles. The van der Waals surface area contributed by atoms with E-state index < -0.39 is 21.2 Å². The molecule has 0 unspecified atom stereocenters.